The highest BCUT2D eigenvalue weighted by Gasteiger charge is 2.37. The summed E-state index contributed by atoms with van der Waals surface area (Å²) in [5, 5.41) is 16.2. The molecular weight excluding hydrogens is 534 g/mol. The van der Waals surface area contributed by atoms with Crippen LogP contribution in [0.25, 0.3) is 5.82 Å². The molecule has 0 saturated carbocycles. The fourth-order valence-corrected chi connectivity index (χ4v) is 4.11. The van der Waals surface area contributed by atoms with Gasteiger partial charge < -0.3 is 15.3 Å². The molecule has 0 aliphatic carbocycles. The minimum atomic E-state index is -5.10. The molecule has 2 amide bonds. The van der Waals surface area contributed by atoms with E-state index in [0.717, 1.165) is 6.33 Å². The summed E-state index contributed by atoms with van der Waals surface area (Å²) in [7, 11) is 0. The quantitative estimate of drug-likeness (QED) is 0.463. The zero-order valence-electron chi connectivity index (χ0n) is 20.3. The lowest BCUT2D eigenvalue weighted by atomic mass is 10.0. The number of alkyl halides is 6. The summed E-state index contributed by atoms with van der Waals surface area (Å²) in [6.45, 7) is 2.12. The van der Waals surface area contributed by atoms with Gasteiger partial charge >= 0.3 is 12.4 Å². The number of nitrogens with zero attached hydrogens (tertiary/aromatic N) is 5. The van der Waals surface area contributed by atoms with Crippen LogP contribution in [0.3, 0.4) is 0 Å². The number of piperidine rings is 1. The Morgan fingerprint density at radius 3 is 2.26 bits per heavy atom. The molecule has 0 bridgehead atoms. The standard InChI is InChI=1S/C24H22F6N6O3/c1-13(34-21(38)15-7-16(23(25,26)27)9-17(8-15)24(28,29)30)20-32-12-33-36(20)19-5-4-14(10-31-19)22(39)35-6-2-3-18(37)11-35/h4-5,7-10,12-13,18,37H,2-3,6,11H2,1H3,(H,34,38)/t13-,18?/m0/s1. The van der Waals surface area contributed by atoms with Crippen molar-refractivity contribution in [3.05, 3.63) is 70.9 Å². The van der Waals surface area contributed by atoms with Gasteiger partial charge in [-0.2, -0.15) is 36.1 Å². The Morgan fingerprint density at radius 2 is 1.69 bits per heavy atom. The maximum Gasteiger partial charge on any atom is 0.416 e. The number of hydrogen-bond acceptors (Lipinski definition) is 6. The second-order valence-corrected chi connectivity index (χ2v) is 8.97. The lowest BCUT2D eigenvalue weighted by molar-refractivity contribution is -0.143. The fourth-order valence-electron chi connectivity index (χ4n) is 4.11. The van der Waals surface area contributed by atoms with Crippen LogP contribution < -0.4 is 5.32 Å². The molecule has 2 N–H and O–H groups in total. The van der Waals surface area contributed by atoms with E-state index in [1.165, 1.54) is 34.8 Å². The maximum absolute atomic E-state index is 13.2. The van der Waals surface area contributed by atoms with E-state index in [1.807, 2.05) is 0 Å². The predicted molar refractivity (Wildman–Crippen MR) is 123 cm³/mol. The van der Waals surface area contributed by atoms with E-state index in [2.05, 4.69) is 20.4 Å². The molecule has 15 heteroatoms. The third-order valence-corrected chi connectivity index (χ3v) is 6.05. The van der Waals surface area contributed by atoms with Crippen LogP contribution in [0.5, 0.6) is 0 Å². The molecule has 2 aromatic heterocycles. The number of carbonyl (C=O) groups is 2. The first kappa shape index (κ1) is 28.0. The van der Waals surface area contributed by atoms with Crippen molar-refractivity contribution in [1.82, 2.24) is 30.0 Å². The van der Waals surface area contributed by atoms with E-state index in [1.54, 1.807) is 0 Å². The van der Waals surface area contributed by atoms with E-state index in [9.17, 15) is 41.0 Å². The van der Waals surface area contributed by atoms with Gasteiger partial charge in [0.2, 0.25) is 0 Å². The predicted octanol–water partition coefficient (Wildman–Crippen LogP) is 3.79. The summed E-state index contributed by atoms with van der Waals surface area (Å²) in [6.07, 6.45) is -7.09. The van der Waals surface area contributed by atoms with Gasteiger partial charge in [-0.1, -0.05) is 0 Å². The van der Waals surface area contributed by atoms with Crippen molar-refractivity contribution < 1.29 is 41.0 Å². The van der Waals surface area contributed by atoms with Gasteiger partial charge in [-0.05, 0) is 50.1 Å². The highest BCUT2D eigenvalue weighted by atomic mass is 19.4. The van der Waals surface area contributed by atoms with Gasteiger partial charge in [0.05, 0.1) is 28.8 Å². The first-order chi connectivity index (χ1) is 18.2. The number of rotatable bonds is 5. The van der Waals surface area contributed by atoms with E-state index in [4.69, 9.17) is 0 Å². The molecule has 1 aliphatic rings. The van der Waals surface area contributed by atoms with Gasteiger partial charge in [-0.15, -0.1) is 0 Å². The molecule has 9 nitrogen and oxygen atoms in total. The molecule has 39 heavy (non-hydrogen) atoms. The van der Waals surface area contributed by atoms with Gasteiger partial charge in [0.1, 0.15) is 6.33 Å². The SMILES string of the molecule is C[C@H](NC(=O)c1cc(C(F)(F)F)cc(C(F)(F)F)c1)c1ncnn1-c1ccc(C(=O)N2CCCC(O)C2)cn1. The van der Waals surface area contributed by atoms with Crippen LogP contribution in [0.4, 0.5) is 26.3 Å². The highest BCUT2D eigenvalue weighted by molar-refractivity contribution is 5.95. The van der Waals surface area contributed by atoms with Crippen LogP contribution >= 0.6 is 0 Å². The molecule has 1 unspecified atom stereocenters. The Labute approximate surface area is 217 Å². The van der Waals surface area contributed by atoms with E-state index in [-0.39, 0.29) is 35.7 Å². The summed E-state index contributed by atoms with van der Waals surface area (Å²) < 4.78 is 80.2. The molecule has 208 valence electrons. The third kappa shape index (κ3) is 6.35. The van der Waals surface area contributed by atoms with E-state index in [0.29, 0.717) is 31.5 Å². The minimum absolute atomic E-state index is 0.0651. The number of nitrogens with one attached hydrogen (secondary N) is 1. The second kappa shape index (κ2) is 10.6. The molecule has 3 heterocycles. The van der Waals surface area contributed by atoms with Crippen molar-refractivity contribution in [1.29, 1.82) is 0 Å². The Balaban J connectivity index is 1.53. The molecule has 3 aromatic rings. The van der Waals surface area contributed by atoms with Crippen molar-refractivity contribution in [2.45, 2.75) is 44.3 Å². The van der Waals surface area contributed by atoms with Gasteiger partial charge in [0.15, 0.2) is 11.6 Å². The van der Waals surface area contributed by atoms with Crippen molar-refractivity contribution in [3.8, 4) is 5.82 Å². The van der Waals surface area contributed by atoms with Crippen molar-refractivity contribution in [2.75, 3.05) is 13.1 Å². The number of aliphatic hydroxyl groups excluding tert-OH is 1. The molecule has 1 aliphatic heterocycles. The van der Waals surface area contributed by atoms with Crippen LogP contribution in [-0.2, 0) is 12.4 Å². The zero-order chi connectivity index (χ0) is 28.5. The second-order valence-electron chi connectivity index (χ2n) is 8.97. The third-order valence-electron chi connectivity index (χ3n) is 6.05. The number of aliphatic hydroxyl groups is 1. The molecule has 4 rings (SSSR count). The van der Waals surface area contributed by atoms with Crippen LogP contribution in [0.15, 0.2) is 42.9 Å². The lowest BCUT2D eigenvalue weighted by Crippen LogP contribution is -2.42. The molecule has 1 fully saturated rings. The molecule has 2 atom stereocenters. The number of likely N-dealkylation sites (tertiary alicyclic amines) is 1. The first-order valence-corrected chi connectivity index (χ1v) is 11.7. The molecule has 1 aromatic carbocycles. The largest absolute Gasteiger partial charge is 0.416 e. The Hall–Kier alpha value is -4.01. The van der Waals surface area contributed by atoms with Crippen LogP contribution in [0, 0.1) is 0 Å². The van der Waals surface area contributed by atoms with E-state index < -0.39 is 47.1 Å². The first-order valence-electron chi connectivity index (χ1n) is 11.7. The maximum atomic E-state index is 13.2. The van der Waals surface area contributed by atoms with E-state index >= 15 is 0 Å². The molecule has 1 saturated heterocycles. The summed E-state index contributed by atoms with van der Waals surface area (Å²) in [5.74, 6) is -1.23. The Kier molecular flexibility index (Phi) is 7.63. The fraction of sp³-hybridized carbons (Fsp3) is 0.375. The number of benzene rings is 1. The average molecular weight is 556 g/mol. The van der Waals surface area contributed by atoms with Crippen molar-refractivity contribution in [2.24, 2.45) is 0 Å². The van der Waals surface area contributed by atoms with Crippen molar-refractivity contribution in [3.63, 3.8) is 0 Å². The summed E-state index contributed by atoms with van der Waals surface area (Å²) >= 11 is 0. The normalized spacial score (nSPS) is 17.1. The highest BCUT2D eigenvalue weighted by Crippen LogP contribution is 2.36. The Bertz CT molecular complexity index is 1320. The number of pyridine rings is 1. The molecule has 0 radical (unpaired) electrons. The topological polar surface area (TPSA) is 113 Å². The zero-order valence-corrected chi connectivity index (χ0v) is 20.3. The monoisotopic (exact) mass is 556 g/mol. The minimum Gasteiger partial charge on any atom is -0.391 e. The van der Waals surface area contributed by atoms with Gasteiger partial charge in [0.25, 0.3) is 11.8 Å². The van der Waals surface area contributed by atoms with Gasteiger partial charge in [-0.25, -0.2) is 9.97 Å². The van der Waals surface area contributed by atoms with Gasteiger partial charge in [0, 0.05) is 24.8 Å². The van der Waals surface area contributed by atoms with Crippen LogP contribution in [-0.4, -0.2) is 60.8 Å². The number of carbonyl (C=O) groups excluding carboxylic acids is 2. The average Bonchev–Trinajstić information content (AvgIpc) is 3.37. The number of halogens is 6. The summed E-state index contributed by atoms with van der Waals surface area (Å²) in [6, 6.07) is 2.54. The number of hydrogen-bond donors (Lipinski definition) is 2. The summed E-state index contributed by atoms with van der Waals surface area (Å²) in [5.41, 5.74) is -3.80. The van der Waals surface area contributed by atoms with Crippen LogP contribution in [0.2, 0.25) is 0 Å². The summed E-state index contributed by atoms with van der Waals surface area (Å²) in [4.78, 5) is 35.1. The lowest BCUT2D eigenvalue weighted by Gasteiger charge is -2.30. The molecular formula is C24H22F6N6O3. The van der Waals surface area contributed by atoms with Crippen molar-refractivity contribution >= 4 is 11.8 Å². The molecule has 0 spiro atoms. The van der Waals surface area contributed by atoms with Crippen LogP contribution in [0.1, 0.15) is 63.5 Å². The number of amides is 2. The Morgan fingerprint density at radius 1 is 1.03 bits per heavy atom. The number of β-amino-alcohol motifs (C(OH)–C–C–N with tert-alkyl or cyclic N) is 1. The number of aromatic nitrogens is 4. The van der Waals surface area contributed by atoms with Gasteiger partial charge in [-0.3, -0.25) is 9.59 Å². The smallest absolute Gasteiger partial charge is 0.391 e.